The first kappa shape index (κ1) is 22.6. The van der Waals surface area contributed by atoms with E-state index in [1.54, 1.807) is 6.07 Å². The van der Waals surface area contributed by atoms with E-state index in [0.717, 1.165) is 17.6 Å². The average Bonchev–Trinajstić information content (AvgIpc) is 2.52. The summed E-state index contributed by atoms with van der Waals surface area (Å²) in [4.78, 5) is 18.2. The van der Waals surface area contributed by atoms with Crippen LogP contribution in [0.2, 0.25) is 5.02 Å². The van der Waals surface area contributed by atoms with Crippen molar-refractivity contribution in [3.05, 3.63) is 27.7 Å². The first-order chi connectivity index (χ1) is 11.4. The molecule has 1 aromatic rings. The van der Waals surface area contributed by atoms with Crippen LogP contribution in [0.3, 0.4) is 0 Å². The minimum absolute atomic E-state index is 0.484. The van der Waals surface area contributed by atoms with Gasteiger partial charge in [-0.1, -0.05) is 27.5 Å². The second-order valence-corrected chi connectivity index (χ2v) is 5.51. The number of rotatable bonds is 9. The zero-order valence-electron chi connectivity index (χ0n) is 12.8. The lowest BCUT2D eigenvalue weighted by atomic mass is 10.3. The Hall–Kier alpha value is -1.39. The number of halogens is 2. The van der Waals surface area contributed by atoms with Crippen LogP contribution in [0.1, 0.15) is 0 Å². The smallest absolute Gasteiger partial charge is 0.414 e. The molecule has 1 aromatic carbocycles. The van der Waals surface area contributed by atoms with E-state index in [0.29, 0.717) is 37.1 Å². The van der Waals surface area contributed by atoms with E-state index >= 15 is 0 Å². The van der Waals surface area contributed by atoms with Crippen molar-refractivity contribution in [3.63, 3.8) is 0 Å². The highest BCUT2D eigenvalue weighted by molar-refractivity contribution is 9.10. The average molecular weight is 428 g/mol. The number of nitrogens with one attached hydrogen (secondary N) is 1. The minimum atomic E-state index is -1.82. The summed E-state index contributed by atoms with van der Waals surface area (Å²) < 4.78 is 11.8. The van der Waals surface area contributed by atoms with Crippen LogP contribution in [0, 0.1) is 0 Å². The van der Waals surface area contributed by atoms with Crippen molar-refractivity contribution < 1.29 is 29.3 Å². The Bertz CT molecular complexity index is 506. The van der Waals surface area contributed by atoms with Crippen LogP contribution in [0.4, 0.5) is 0 Å². The van der Waals surface area contributed by atoms with Crippen molar-refractivity contribution in [3.8, 4) is 5.75 Å². The molecule has 0 fully saturated rings. The molecule has 1 rings (SSSR count). The van der Waals surface area contributed by atoms with Gasteiger partial charge in [-0.05, 0) is 18.2 Å². The van der Waals surface area contributed by atoms with Gasteiger partial charge in [0.15, 0.2) is 0 Å². The molecule has 0 atom stereocenters. The molecule has 0 unspecified atom stereocenters. The molecule has 0 aliphatic rings. The Morgan fingerprint density at radius 1 is 1.17 bits per heavy atom. The normalized spacial score (nSPS) is 9.79. The van der Waals surface area contributed by atoms with E-state index in [4.69, 9.17) is 46.6 Å². The van der Waals surface area contributed by atoms with Crippen molar-refractivity contribution in [2.45, 2.75) is 0 Å². The Morgan fingerprint density at radius 3 is 2.38 bits per heavy atom. The van der Waals surface area contributed by atoms with Gasteiger partial charge in [-0.3, -0.25) is 0 Å². The number of ether oxygens (including phenoxy) is 2. The van der Waals surface area contributed by atoms with Gasteiger partial charge >= 0.3 is 11.9 Å². The molecule has 10 heteroatoms. The molecule has 0 aromatic heterocycles. The molecular weight excluding hydrogens is 408 g/mol. The largest absolute Gasteiger partial charge is 0.490 e. The summed E-state index contributed by atoms with van der Waals surface area (Å²) in [6.07, 6.45) is 0. The monoisotopic (exact) mass is 426 g/mol. The van der Waals surface area contributed by atoms with Crippen molar-refractivity contribution in [1.82, 2.24) is 5.32 Å². The van der Waals surface area contributed by atoms with Gasteiger partial charge in [-0.15, -0.1) is 0 Å². The Kier molecular flexibility index (Phi) is 13.2. The van der Waals surface area contributed by atoms with Gasteiger partial charge in [0.1, 0.15) is 12.4 Å². The first-order valence-corrected chi connectivity index (χ1v) is 8.08. The van der Waals surface area contributed by atoms with Crippen LogP contribution in [-0.2, 0) is 14.3 Å². The second kappa shape index (κ2) is 14.0. The second-order valence-electron chi connectivity index (χ2n) is 4.18. The predicted molar refractivity (Wildman–Crippen MR) is 92.7 cm³/mol. The maximum absolute atomic E-state index is 9.10. The van der Waals surface area contributed by atoms with Crippen LogP contribution in [-0.4, -0.2) is 61.6 Å². The van der Waals surface area contributed by atoms with Crippen molar-refractivity contribution in [1.29, 1.82) is 0 Å². The number of benzene rings is 1. The highest BCUT2D eigenvalue weighted by atomic mass is 79.9. The number of hydrogen-bond donors (Lipinski definition) is 4. The maximum atomic E-state index is 9.10. The van der Waals surface area contributed by atoms with Crippen LogP contribution < -0.4 is 15.8 Å². The fraction of sp³-hybridized carbons (Fsp3) is 0.429. The van der Waals surface area contributed by atoms with Crippen LogP contribution in [0.15, 0.2) is 22.7 Å². The van der Waals surface area contributed by atoms with E-state index in [1.807, 2.05) is 12.1 Å². The third-order valence-corrected chi connectivity index (χ3v) is 3.10. The van der Waals surface area contributed by atoms with E-state index in [9.17, 15) is 0 Å². The lowest BCUT2D eigenvalue weighted by Crippen LogP contribution is -2.26. The number of nitrogens with two attached hydrogens (primary N) is 1. The van der Waals surface area contributed by atoms with Gasteiger partial charge in [0, 0.05) is 24.1 Å². The summed E-state index contributed by atoms with van der Waals surface area (Å²) >= 11 is 9.35. The summed E-state index contributed by atoms with van der Waals surface area (Å²) in [7, 11) is 0. The van der Waals surface area contributed by atoms with Gasteiger partial charge in [-0.25, -0.2) is 9.59 Å². The molecule has 0 aliphatic heterocycles. The molecule has 24 heavy (non-hydrogen) atoms. The molecule has 0 radical (unpaired) electrons. The molecule has 0 spiro atoms. The first-order valence-electron chi connectivity index (χ1n) is 6.91. The Morgan fingerprint density at radius 2 is 1.83 bits per heavy atom. The van der Waals surface area contributed by atoms with Crippen LogP contribution in [0.25, 0.3) is 0 Å². The van der Waals surface area contributed by atoms with Gasteiger partial charge in [-0.2, -0.15) is 0 Å². The van der Waals surface area contributed by atoms with E-state index < -0.39 is 11.9 Å². The Balaban J connectivity index is 0.000000754. The molecule has 5 N–H and O–H groups in total. The van der Waals surface area contributed by atoms with E-state index in [2.05, 4.69) is 21.2 Å². The zero-order valence-corrected chi connectivity index (χ0v) is 15.2. The summed E-state index contributed by atoms with van der Waals surface area (Å²) in [5.74, 6) is -2.98. The van der Waals surface area contributed by atoms with Gasteiger partial charge < -0.3 is 30.7 Å². The molecule has 136 valence electrons. The lowest BCUT2D eigenvalue weighted by Gasteiger charge is -2.09. The highest BCUT2D eigenvalue weighted by Gasteiger charge is 2.04. The van der Waals surface area contributed by atoms with Crippen LogP contribution >= 0.6 is 27.5 Å². The van der Waals surface area contributed by atoms with E-state index in [-0.39, 0.29) is 0 Å². The number of carboxylic acid groups (broad SMARTS) is 2. The number of carbonyl (C=O) groups is 2. The highest BCUT2D eigenvalue weighted by Crippen LogP contribution is 2.27. The molecule has 0 aliphatic carbocycles. The topological polar surface area (TPSA) is 131 Å². The number of aliphatic carboxylic acids is 2. The van der Waals surface area contributed by atoms with Crippen molar-refractivity contribution in [2.24, 2.45) is 5.73 Å². The summed E-state index contributed by atoms with van der Waals surface area (Å²) in [6, 6.07) is 5.52. The fourth-order valence-electron chi connectivity index (χ4n) is 1.28. The zero-order chi connectivity index (χ0) is 18.4. The van der Waals surface area contributed by atoms with Gasteiger partial charge in [0.25, 0.3) is 0 Å². The van der Waals surface area contributed by atoms with Crippen molar-refractivity contribution >= 4 is 39.5 Å². The molecule has 0 saturated heterocycles. The quantitative estimate of drug-likeness (QED) is 0.341. The fourth-order valence-corrected chi connectivity index (χ4v) is 2.00. The molecule has 0 amide bonds. The molecule has 0 bridgehead atoms. The lowest BCUT2D eigenvalue weighted by molar-refractivity contribution is -0.159. The molecule has 8 nitrogen and oxygen atoms in total. The standard InChI is InChI=1S/C12H18BrClN2O2.C2H2O4/c13-10-1-2-12(11(14)9-10)18-8-7-17-6-5-16-4-3-15;3-1(4)2(5)6/h1-2,9,16H,3-8,15H2;(H,3,4)(H,5,6). The van der Waals surface area contributed by atoms with Crippen molar-refractivity contribution in [2.75, 3.05) is 39.5 Å². The van der Waals surface area contributed by atoms with Gasteiger partial charge in [0.05, 0.1) is 18.2 Å². The third-order valence-electron chi connectivity index (χ3n) is 2.31. The summed E-state index contributed by atoms with van der Waals surface area (Å²) in [6.45, 7) is 3.93. The number of carboxylic acids is 2. The molecular formula is C14H20BrClN2O6. The molecule has 0 saturated carbocycles. The van der Waals surface area contributed by atoms with Crippen LogP contribution in [0.5, 0.6) is 5.75 Å². The Labute approximate surface area is 153 Å². The van der Waals surface area contributed by atoms with Gasteiger partial charge in [0.2, 0.25) is 0 Å². The minimum Gasteiger partial charge on any atom is -0.490 e. The summed E-state index contributed by atoms with van der Waals surface area (Å²) in [5.41, 5.74) is 5.34. The SMILES string of the molecule is NCCNCCOCCOc1ccc(Br)cc1Cl.O=C(O)C(=O)O. The molecule has 0 heterocycles. The number of hydrogen-bond acceptors (Lipinski definition) is 6. The van der Waals surface area contributed by atoms with E-state index in [1.165, 1.54) is 0 Å². The summed E-state index contributed by atoms with van der Waals surface area (Å²) in [5, 5.41) is 18.5. The predicted octanol–water partition coefficient (Wildman–Crippen LogP) is 1.20. The third kappa shape index (κ3) is 12.1. The maximum Gasteiger partial charge on any atom is 0.414 e.